The smallest absolute Gasteiger partial charge is 0.273 e. The van der Waals surface area contributed by atoms with Crippen molar-refractivity contribution in [2.45, 2.75) is 26.8 Å². The van der Waals surface area contributed by atoms with E-state index in [2.05, 4.69) is 41.3 Å². The molecule has 0 aliphatic carbocycles. The Labute approximate surface area is 170 Å². The van der Waals surface area contributed by atoms with Crippen molar-refractivity contribution in [2.24, 2.45) is 16.0 Å². The summed E-state index contributed by atoms with van der Waals surface area (Å²) in [5.41, 5.74) is 4.93. The van der Waals surface area contributed by atoms with E-state index >= 15 is 0 Å². The van der Waals surface area contributed by atoms with Crippen molar-refractivity contribution in [1.29, 1.82) is 0 Å². The third-order valence-corrected chi connectivity index (χ3v) is 4.93. The lowest BCUT2D eigenvalue weighted by atomic mass is 10.1. The highest BCUT2D eigenvalue weighted by Gasteiger charge is 2.33. The van der Waals surface area contributed by atoms with Crippen LogP contribution in [0, 0.1) is 5.92 Å². The number of nitrogens with zero attached hydrogens (tertiary/aromatic N) is 3. The lowest BCUT2D eigenvalue weighted by molar-refractivity contribution is -0.124. The number of aliphatic imine (C=N–C) groups is 1. The average Bonchev–Trinajstić information content (AvgIpc) is 3.03. The second-order valence-corrected chi connectivity index (χ2v) is 7.26. The van der Waals surface area contributed by atoms with Gasteiger partial charge >= 0.3 is 0 Å². The number of allylic oxidation sites excluding steroid dienone is 1. The molecule has 0 saturated heterocycles. The molecule has 0 aromatic heterocycles. The van der Waals surface area contributed by atoms with Crippen LogP contribution in [0.4, 0.5) is 5.69 Å². The fourth-order valence-electron chi connectivity index (χ4n) is 2.75. The standard InChI is InChI=1S/C21H25N5O3/c1-12(2)13(3)10-22-19-14(4)18(24-25-19)20(27)23-15-11-29-17-9-7-6-8-16(17)26(5)21(15)28/h6-10,12,15H,4,11H2,1-3,5H3,(H,22,25)(H,23,27)/b13-10+/t15-/m0/s1. The van der Waals surface area contributed by atoms with Crippen LogP contribution in [-0.2, 0) is 9.59 Å². The quantitative estimate of drug-likeness (QED) is 0.815. The van der Waals surface area contributed by atoms with Gasteiger partial charge in [0.15, 0.2) is 11.5 Å². The van der Waals surface area contributed by atoms with E-state index in [9.17, 15) is 9.59 Å². The number of rotatable bonds is 4. The van der Waals surface area contributed by atoms with Crippen molar-refractivity contribution >= 4 is 29.0 Å². The normalized spacial score (nSPS) is 20.8. The Bertz CT molecular complexity index is 945. The Balaban J connectivity index is 1.70. The molecule has 2 aliphatic heterocycles. The van der Waals surface area contributed by atoms with Gasteiger partial charge in [-0.25, -0.2) is 4.99 Å². The highest BCUT2D eigenvalue weighted by atomic mass is 16.5. The van der Waals surface area contributed by atoms with Gasteiger partial charge in [-0.3, -0.25) is 15.0 Å². The number of hydrogen-bond acceptors (Lipinski definition) is 5. The van der Waals surface area contributed by atoms with Crippen LogP contribution in [0.3, 0.4) is 0 Å². The minimum Gasteiger partial charge on any atom is -0.489 e. The van der Waals surface area contributed by atoms with E-state index < -0.39 is 11.9 Å². The zero-order chi connectivity index (χ0) is 21.1. The molecule has 152 valence electrons. The minimum atomic E-state index is -0.848. The summed E-state index contributed by atoms with van der Waals surface area (Å²) in [5.74, 6) is 0.567. The van der Waals surface area contributed by atoms with Gasteiger partial charge in [0.1, 0.15) is 18.4 Å². The summed E-state index contributed by atoms with van der Waals surface area (Å²) in [5, 5.41) is 6.72. The Morgan fingerprint density at radius 2 is 2.17 bits per heavy atom. The zero-order valence-electron chi connectivity index (χ0n) is 17.0. The molecule has 1 aromatic rings. The van der Waals surface area contributed by atoms with Crippen molar-refractivity contribution in [3.05, 3.63) is 48.2 Å². The number of anilines is 1. The molecule has 2 amide bonds. The monoisotopic (exact) mass is 395 g/mol. The molecule has 2 aliphatic rings. The van der Waals surface area contributed by atoms with Crippen LogP contribution < -0.4 is 20.4 Å². The summed E-state index contributed by atoms with van der Waals surface area (Å²) in [6, 6.07) is 6.38. The van der Waals surface area contributed by atoms with Crippen LogP contribution >= 0.6 is 0 Å². The number of likely N-dealkylation sites (N-methyl/N-ethyl adjacent to an activating group) is 1. The number of amides is 2. The molecule has 8 heteroatoms. The number of hydrogen-bond donors (Lipinski definition) is 2. The predicted molar refractivity (Wildman–Crippen MR) is 113 cm³/mol. The third-order valence-electron chi connectivity index (χ3n) is 4.93. The molecule has 29 heavy (non-hydrogen) atoms. The van der Waals surface area contributed by atoms with Gasteiger partial charge in [0.25, 0.3) is 11.8 Å². The highest BCUT2D eigenvalue weighted by molar-refractivity contribution is 6.53. The van der Waals surface area contributed by atoms with Gasteiger partial charge in [-0.2, -0.15) is 5.10 Å². The van der Waals surface area contributed by atoms with Gasteiger partial charge in [0, 0.05) is 18.8 Å². The second kappa shape index (κ2) is 8.30. The molecule has 0 bridgehead atoms. The average molecular weight is 395 g/mol. The molecule has 0 saturated carbocycles. The van der Waals surface area contributed by atoms with Crippen LogP contribution in [0.1, 0.15) is 20.8 Å². The van der Waals surface area contributed by atoms with Crippen molar-refractivity contribution in [2.75, 3.05) is 18.6 Å². The fourth-order valence-corrected chi connectivity index (χ4v) is 2.75. The first-order chi connectivity index (χ1) is 13.8. The number of ether oxygens (including phenoxy) is 1. The van der Waals surface area contributed by atoms with Gasteiger partial charge < -0.3 is 15.0 Å². The molecule has 8 nitrogen and oxygen atoms in total. The lowest BCUT2D eigenvalue weighted by Gasteiger charge is -2.20. The molecule has 2 N–H and O–H groups in total. The van der Waals surface area contributed by atoms with Crippen molar-refractivity contribution in [3.8, 4) is 5.75 Å². The van der Waals surface area contributed by atoms with E-state index in [1.165, 1.54) is 4.90 Å². The summed E-state index contributed by atoms with van der Waals surface area (Å²) in [7, 11) is 1.65. The zero-order valence-corrected chi connectivity index (χ0v) is 17.0. The maximum atomic E-state index is 12.8. The molecule has 2 heterocycles. The van der Waals surface area contributed by atoms with Gasteiger partial charge in [-0.05, 0) is 25.0 Å². The molecule has 0 unspecified atom stereocenters. The van der Waals surface area contributed by atoms with Gasteiger partial charge in [-0.1, -0.05) is 38.1 Å². The molecule has 0 spiro atoms. The molecule has 0 radical (unpaired) electrons. The maximum absolute atomic E-state index is 12.8. The number of para-hydroxylation sites is 2. The number of carbonyl (C=O) groups is 2. The largest absolute Gasteiger partial charge is 0.489 e. The maximum Gasteiger partial charge on any atom is 0.273 e. The van der Waals surface area contributed by atoms with Gasteiger partial charge in [0.05, 0.1) is 5.69 Å². The van der Waals surface area contributed by atoms with Crippen molar-refractivity contribution in [1.82, 2.24) is 10.7 Å². The summed E-state index contributed by atoms with van der Waals surface area (Å²) in [6.45, 7) is 10.0. The van der Waals surface area contributed by atoms with Crippen LogP contribution in [0.25, 0.3) is 0 Å². The van der Waals surface area contributed by atoms with Crippen LogP contribution in [-0.4, -0.2) is 43.1 Å². The topological polar surface area (TPSA) is 95.4 Å². The van der Waals surface area contributed by atoms with E-state index in [4.69, 9.17) is 4.74 Å². The molecule has 1 atom stereocenters. The predicted octanol–water partition coefficient (Wildman–Crippen LogP) is 2.00. The summed E-state index contributed by atoms with van der Waals surface area (Å²) in [6.07, 6.45) is 1.73. The van der Waals surface area contributed by atoms with Gasteiger partial charge in [-0.15, -0.1) is 0 Å². The van der Waals surface area contributed by atoms with E-state index in [1.54, 1.807) is 25.4 Å². The van der Waals surface area contributed by atoms with Crippen LogP contribution in [0.2, 0.25) is 0 Å². The Hall–Kier alpha value is -3.42. The second-order valence-electron chi connectivity index (χ2n) is 7.26. The minimum absolute atomic E-state index is 0.0242. The SMILES string of the molecule is C=C1C(=N/C=C(\C)C(C)C)NN=C1C(=O)N[C@H]1COc2ccccc2N(C)C1=O. The molecule has 1 aromatic carbocycles. The number of hydrazone groups is 1. The first kappa shape index (κ1) is 20.3. The first-order valence-electron chi connectivity index (χ1n) is 9.37. The molecular formula is C21H25N5O3. The number of carbonyl (C=O) groups excluding carboxylic acids is 2. The summed E-state index contributed by atoms with van der Waals surface area (Å²) < 4.78 is 5.71. The number of nitrogens with one attached hydrogen (secondary N) is 2. The van der Waals surface area contributed by atoms with E-state index in [1.807, 2.05) is 19.1 Å². The molecule has 3 rings (SSSR count). The Kier molecular flexibility index (Phi) is 5.81. The van der Waals surface area contributed by atoms with Crippen LogP contribution in [0.5, 0.6) is 5.75 Å². The van der Waals surface area contributed by atoms with Crippen molar-refractivity contribution in [3.63, 3.8) is 0 Å². The summed E-state index contributed by atoms with van der Waals surface area (Å²) in [4.78, 5) is 31.3. The number of fused-ring (bicyclic) bond motifs is 1. The lowest BCUT2D eigenvalue weighted by Crippen LogP contribution is -2.51. The Morgan fingerprint density at radius 3 is 2.90 bits per heavy atom. The van der Waals surface area contributed by atoms with E-state index in [0.29, 0.717) is 28.8 Å². The van der Waals surface area contributed by atoms with Gasteiger partial charge in [0.2, 0.25) is 0 Å². The summed E-state index contributed by atoms with van der Waals surface area (Å²) >= 11 is 0. The van der Waals surface area contributed by atoms with Crippen LogP contribution in [0.15, 0.2) is 58.3 Å². The molecule has 0 fully saturated rings. The van der Waals surface area contributed by atoms with E-state index in [0.717, 1.165) is 5.57 Å². The highest BCUT2D eigenvalue weighted by Crippen LogP contribution is 2.29. The number of benzene rings is 1. The Morgan fingerprint density at radius 1 is 1.45 bits per heavy atom. The third kappa shape index (κ3) is 4.21. The number of amidine groups is 1. The fraction of sp³-hybridized carbons (Fsp3) is 0.333. The molecular weight excluding hydrogens is 370 g/mol. The first-order valence-corrected chi connectivity index (χ1v) is 9.37. The van der Waals surface area contributed by atoms with E-state index in [-0.39, 0.29) is 18.2 Å². The van der Waals surface area contributed by atoms with Crippen molar-refractivity contribution < 1.29 is 14.3 Å².